The SMILES string of the molecule is C[Si](C)(C)O[C@H]1C=CC=C[C@H]1O[Si](C)(C)C. The third kappa shape index (κ3) is 5.25. The third-order valence-corrected chi connectivity index (χ3v) is 3.97. The average molecular weight is 256 g/mol. The van der Waals surface area contributed by atoms with E-state index in [-0.39, 0.29) is 12.2 Å². The Balaban J connectivity index is 2.67. The fourth-order valence-corrected chi connectivity index (χ4v) is 3.65. The van der Waals surface area contributed by atoms with Gasteiger partial charge in [0.15, 0.2) is 16.6 Å². The first-order valence-corrected chi connectivity index (χ1v) is 12.7. The van der Waals surface area contributed by atoms with Crippen molar-refractivity contribution in [3.05, 3.63) is 24.3 Å². The Kier molecular flexibility index (Phi) is 4.34. The van der Waals surface area contributed by atoms with Gasteiger partial charge in [-0.3, -0.25) is 0 Å². The molecule has 16 heavy (non-hydrogen) atoms. The topological polar surface area (TPSA) is 18.5 Å². The molecule has 0 radical (unpaired) electrons. The monoisotopic (exact) mass is 256 g/mol. The normalized spacial score (nSPS) is 26.1. The maximum Gasteiger partial charge on any atom is 0.184 e. The molecule has 0 aliphatic heterocycles. The predicted octanol–water partition coefficient (Wildman–Crippen LogP) is 3.55. The maximum atomic E-state index is 6.14. The van der Waals surface area contributed by atoms with E-state index >= 15 is 0 Å². The summed E-state index contributed by atoms with van der Waals surface area (Å²) in [6.07, 6.45) is 8.53. The number of allylic oxidation sites excluding steroid dienone is 2. The predicted molar refractivity (Wildman–Crippen MR) is 74.7 cm³/mol. The van der Waals surface area contributed by atoms with Crippen molar-refractivity contribution in [1.29, 1.82) is 0 Å². The summed E-state index contributed by atoms with van der Waals surface area (Å²) in [5.41, 5.74) is 0. The molecule has 0 unspecified atom stereocenters. The van der Waals surface area contributed by atoms with Gasteiger partial charge in [-0.05, 0) is 39.3 Å². The van der Waals surface area contributed by atoms with E-state index in [4.69, 9.17) is 8.85 Å². The van der Waals surface area contributed by atoms with Crippen molar-refractivity contribution < 1.29 is 8.85 Å². The van der Waals surface area contributed by atoms with Gasteiger partial charge in [0.25, 0.3) is 0 Å². The highest BCUT2D eigenvalue weighted by Gasteiger charge is 2.29. The van der Waals surface area contributed by atoms with E-state index in [0.29, 0.717) is 0 Å². The Bertz CT molecular complexity index is 254. The van der Waals surface area contributed by atoms with Gasteiger partial charge >= 0.3 is 0 Å². The van der Waals surface area contributed by atoms with Crippen molar-refractivity contribution >= 4 is 16.6 Å². The molecule has 0 spiro atoms. The van der Waals surface area contributed by atoms with Crippen molar-refractivity contribution in [2.24, 2.45) is 0 Å². The molecule has 1 aliphatic rings. The molecule has 0 N–H and O–H groups in total. The van der Waals surface area contributed by atoms with Crippen molar-refractivity contribution in [2.45, 2.75) is 51.5 Å². The molecule has 2 nitrogen and oxygen atoms in total. The molecule has 0 bridgehead atoms. The minimum absolute atomic E-state index is 0.100. The lowest BCUT2D eigenvalue weighted by molar-refractivity contribution is 0.103. The van der Waals surface area contributed by atoms with Gasteiger partial charge in [0, 0.05) is 0 Å². The van der Waals surface area contributed by atoms with Gasteiger partial charge in [-0.1, -0.05) is 24.3 Å². The smallest absolute Gasteiger partial charge is 0.184 e. The van der Waals surface area contributed by atoms with E-state index in [1.54, 1.807) is 0 Å². The molecule has 0 saturated carbocycles. The van der Waals surface area contributed by atoms with Crippen LogP contribution in [-0.4, -0.2) is 28.8 Å². The van der Waals surface area contributed by atoms with Crippen LogP contribution < -0.4 is 0 Å². The standard InChI is InChI=1S/C12H24O2Si2/c1-15(2,3)13-11-9-7-8-10-12(11)14-16(4,5)6/h7-12H,1-6H3/t11-,12+. The Hall–Kier alpha value is -0.166. The lowest BCUT2D eigenvalue weighted by Gasteiger charge is -2.34. The molecule has 0 amide bonds. The zero-order valence-corrected chi connectivity index (χ0v) is 13.3. The summed E-state index contributed by atoms with van der Waals surface area (Å²) >= 11 is 0. The number of hydrogen-bond acceptors (Lipinski definition) is 2. The van der Waals surface area contributed by atoms with Gasteiger partial charge in [0.2, 0.25) is 0 Å². The Morgan fingerprint density at radius 3 is 1.25 bits per heavy atom. The van der Waals surface area contributed by atoms with Crippen LogP contribution in [0.1, 0.15) is 0 Å². The molecular formula is C12H24O2Si2. The van der Waals surface area contributed by atoms with Gasteiger partial charge in [-0.25, -0.2) is 0 Å². The van der Waals surface area contributed by atoms with E-state index in [1.807, 2.05) is 0 Å². The summed E-state index contributed by atoms with van der Waals surface area (Å²) in [7, 11) is -3.02. The Morgan fingerprint density at radius 1 is 0.688 bits per heavy atom. The zero-order chi connectivity index (χ0) is 12.4. The van der Waals surface area contributed by atoms with Crippen molar-refractivity contribution in [2.75, 3.05) is 0 Å². The molecule has 92 valence electrons. The third-order valence-electron chi connectivity index (χ3n) is 2.02. The second-order valence-electron chi connectivity index (χ2n) is 6.16. The van der Waals surface area contributed by atoms with Crippen LogP contribution in [0.25, 0.3) is 0 Å². The molecule has 2 atom stereocenters. The van der Waals surface area contributed by atoms with Crippen LogP contribution in [0.2, 0.25) is 39.3 Å². The molecule has 0 aromatic heterocycles. The lowest BCUT2D eigenvalue weighted by Crippen LogP contribution is -2.43. The quantitative estimate of drug-likeness (QED) is 0.716. The fourth-order valence-electron chi connectivity index (χ4n) is 1.60. The first kappa shape index (κ1) is 13.9. The Morgan fingerprint density at radius 2 is 1.00 bits per heavy atom. The van der Waals surface area contributed by atoms with Crippen molar-refractivity contribution in [3.8, 4) is 0 Å². The second kappa shape index (κ2) is 5.00. The highest BCUT2D eigenvalue weighted by atomic mass is 28.4. The highest BCUT2D eigenvalue weighted by molar-refractivity contribution is 6.70. The fraction of sp³-hybridized carbons (Fsp3) is 0.667. The van der Waals surface area contributed by atoms with E-state index in [1.165, 1.54) is 0 Å². The molecule has 0 aromatic carbocycles. The number of hydrogen-bond donors (Lipinski definition) is 0. The first-order valence-electron chi connectivity index (χ1n) is 5.88. The molecule has 1 rings (SSSR count). The van der Waals surface area contributed by atoms with Crippen LogP contribution in [-0.2, 0) is 8.85 Å². The Labute approximate surface area is 102 Å². The maximum absolute atomic E-state index is 6.14. The van der Waals surface area contributed by atoms with E-state index in [9.17, 15) is 0 Å². The lowest BCUT2D eigenvalue weighted by atomic mass is 10.1. The first-order chi connectivity index (χ1) is 7.17. The van der Waals surface area contributed by atoms with Gasteiger partial charge in [-0.2, -0.15) is 0 Å². The van der Waals surface area contributed by atoms with E-state index in [2.05, 4.69) is 63.6 Å². The van der Waals surface area contributed by atoms with Crippen LogP contribution in [0, 0.1) is 0 Å². The highest BCUT2D eigenvalue weighted by Crippen LogP contribution is 2.21. The van der Waals surface area contributed by atoms with Crippen molar-refractivity contribution in [1.82, 2.24) is 0 Å². The molecule has 0 saturated heterocycles. The summed E-state index contributed by atoms with van der Waals surface area (Å²) in [6, 6.07) is 0. The van der Waals surface area contributed by atoms with E-state index in [0.717, 1.165) is 0 Å². The minimum atomic E-state index is -1.51. The summed E-state index contributed by atoms with van der Waals surface area (Å²) in [5.74, 6) is 0. The average Bonchev–Trinajstić information content (AvgIpc) is 2.03. The van der Waals surface area contributed by atoms with Crippen LogP contribution in [0.15, 0.2) is 24.3 Å². The summed E-state index contributed by atoms with van der Waals surface area (Å²) in [6.45, 7) is 13.3. The summed E-state index contributed by atoms with van der Waals surface area (Å²) < 4.78 is 12.3. The largest absolute Gasteiger partial charge is 0.408 e. The zero-order valence-electron chi connectivity index (χ0n) is 11.3. The summed E-state index contributed by atoms with van der Waals surface area (Å²) in [5, 5.41) is 0. The van der Waals surface area contributed by atoms with Gasteiger partial charge in [-0.15, -0.1) is 0 Å². The van der Waals surface area contributed by atoms with E-state index < -0.39 is 16.6 Å². The van der Waals surface area contributed by atoms with Crippen molar-refractivity contribution in [3.63, 3.8) is 0 Å². The molecule has 0 aromatic rings. The number of rotatable bonds is 4. The molecule has 1 aliphatic carbocycles. The van der Waals surface area contributed by atoms with Crippen LogP contribution in [0.5, 0.6) is 0 Å². The second-order valence-corrected chi connectivity index (χ2v) is 15.1. The van der Waals surface area contributed by atoms with Crippen LogP contribution in [0.3, 0.4) is 0 Å². The van der Waals surface area contributed by atoms with Gasteiger partial charge in [0.05, 0.1) is 12.2 Å². The summed E-state index contributed by atoms with van der Waals surface area (Å²) in [4.78, 5) is 0. The molecule has 4 heteroatoms. The molecule has 0 fully saturated rings. The van der Waals surface area contributed by atoms with Crippen LogP contribution in [0.4, 0.5) is 0 Å². The van der Waals surface area contributed by atoms with Crippen LogP contribution >= 0.6 is 0 Å². The molecule has 0 heterocycles. The van der Waals surface area contributed by atoms with Gasteiger partial charge < -0.3 is 8.85 Å². The minimum Gasteiger partial charge on any atom is -0.408 e. The van der Waals surface area contributed by atoms with Gasteiger partial charge in [0.1, 0.15) is 0 Å². The molecular weight excluding hydrogens is 232 g/mol.